The highest BCUT2D eigenvalue weighted by molar-refractivity contribution is 6.12. The van der Waals surface area contributed by atoms with E-state index in [1.807, 2.05) is 62.5 Å². The van der Waals surface area contributed by atoms with Crippen LogP contribution in [0, 0.1) is 6.92 Å². The van der Waals surface area contributed by atoms with Gasteiger partial charge >= 0.3 is 6.03 Å². The molecule has 168 valence electrons. The van der Waals surface area contributed by atoms with Crippen molar-refractivity contribution in [2.45, 2.75) is 51.2 Å². The number of hydrogen-bond acceptors (Lipinski definition) is 4. The lowest BCUT2D eigenvalue weighted by Crippen LogP contribution is -2.48. The standard InChI is InChI=1S/C25H31N5O2/c1-17-10-9-11-18(16-17)26-25(32)28-22-24(31)30(3)21-15-8-7-14-20(21)23(27-22)29(2)19-12-5-4-6-13-19/h7-11,14-16,19,22H,4-6,12-13H2,1-3H3,(H2,26,28,32). The summed E-state index contributed by atoms with van der Waals surface area (Å²) in [7, 11) is 3.78. The number of carbonyl (C=O) groups excluding carboxylic acids is 2. The van der Waals surface area contributed by atoms with Gasteiger partial charge in [-0.05, 0) is 49.6 Å². The number of benzodiazepines with no additional fused rings is 1. The number of fused-ring (bicyclic) bond motifs is 1. The summed E-state index contributed by atoms with van der Waals surface area (Å²) in [6.45, 7) is 1.96. The molecule has 0 spiro atoms. The fourth-order valence-corrected chi connectivity index (χ4v) is 4.53. The molecule has 0 saturated heterocycles. The average molecular weight is 434 g/mol. The lowest BCUT2D eigenvalue weighted by atomic mass is 9.94. The number of anilines is 2. The van der Waals surface area contributed by atoms with Gasteiger partial charge in [-0.2, -0.15) is 0 Å². The number of carbonyl (C=O) groups is 2. The van der Waals surface area contributed by atoms with E-state index in [0.29, 0.717) is 11.7 Å². The molecule has 0 radical (unpaired) electrons. The Morgan fingerprint density at radius 2 is 1.84 bits per heavy atom. The van der Waals surface area contributed by atoms with Gasteiger partial charge in [-0.1, -0.05) is 43.5 Å². The number of benzene rings is 2. The summed E-state index contributed by atoms with van der Waals surface area (Å²) in [5, 5.41) is 5.58. The van der Waals surface area contributed by atoms with Crippen molar-refractivity contribution in [2.75, 3.05) is 24.3 Å². The van der Waals surface area contributed by atoms with Crippen LogP contribution in [0.1, 0.15) is 43.2 Å². The number of likely N-dealkylation sites (N-methyl/N-ethyl adjacent to an activating group) is 1. The van der Waals surface area contributed by atoms with Crippen molar-refractivity contribution in [3.63, 3.8) is 0 Å². The Morgan fingerprint density at radius 1 is 1.09 bits per heavy atom. The minimum atomic E-state index is -1.02. The number of nitrogens with one attached hydrogen (secondary N) is 2. The molecule has 32 heavy (non-hydrogen) atoms. The number of urea groups is 1. The first-order valence-electron chi connectivity index (χ1n) is 11.3. The maximum atomic E-state index is 13.3. The second-order valence-corrected chi connectivity index (χ2v) is 8.64. The van der Waals surface area contributed by atoms with Gasteiger partial charge in [0, 0.05) is 31.4 Å². The lowest BCUT2D eigenvalue weighted by Gasteiger charge is -2.34. The summed E-state index contributed by atoms with van der Waals surface area (Å²) in [5.74, 6) is 0.468. The molecule has 7 nitrogen and oxygen atoms in total. The Labute approximate surface area is 189 Å². The number of nitrogens with zero attached hydrogens (tertiary/aromatic N) is 3. The molecule has 0 aromatic heterocycles. The molecule has 1 heterocycles. The molecular weight excluding hydrogens is 402 g/mol. The zero-order chi connectivity index (χ0) is 22.7. The highest BCUT2D eigenvalue weighted by atomic mass is 16.2. The van der Waals surface area contributed by atoms with Crippen LogP contribution >= 0.6 is 0 Å². The van der Waals surface area contributed by atoms with E-state index in [1.54, 1.807) is 11.9 Å². The van der Waals surface area contributed by atoms with E-state index in [4.69, 9.17) is 4.99 Å². The zero-order valence-electron chi connectivity index (χ0n) is 19.0. The van der Waals surface area contributed by atoms with Gasteiger partial charge in [0.15, 0.2) is 0 Å². The van der Waals surface area contributed by atoms with Gasteiger partial charge in [0.1, 0.15) is 5.84 Å². The summed E-state index contributed by atoms with van der Waals surface area (Å²) in [6.07, 6.45) is 4.85. The molecule has 7 heteroatoms. The molecule has 1 unspecified atom stereocenters. The first-order valence-corrected chi connectivity index (χ1v) is 11.3. The number of hydrogen-bond donors (Lipinski definition) is 2. The highest BCUT2D eigenvalue weighted by Gasteiger charge is 2.33. The van der Waals surface area contributed by atoms with E-state index in [1.165, 1.54) is 19.3 Å². The smallest absolute Gasteiger partial charge is 0.321 e. The molecule has 3 amide bonds. The van der Waals surface area contributed by atoms with E-state index < -0.39 is 12.2 Å². The van der Waals surface area contributed by atoms with Crippen LogP contribution in [-0.4, -0.2) is 49.0 Å². The molecule has 1 aliphatic heterocycles. The monoisotopic (exact) mass is 433 g/mol. The Bertz CT molecular complexity index is 1030. The number of para-hydroxylation sites is 1. The van der Waals surface area contributed by atoms with Crippen molar-refractivity contribution in [1.82, 2.24) is 10.2 Å². The van der Waals surface area contributed by atoms with E-state index in [2.05, 4.69) is 15.5 Å². The minimum absolute atomic E-state index is 0.274. The summed E-state index contributed by atoms with van der Waals surface area (Å²) >= 11 is 0. The van der Waals surface area contributed by atoms with Gasteiger partial charge < -0.3 is 20.4 Å². The molecule has 2 aromatic rings. The summed E-state index contributed by atoms with van der Waals surface area (Å²) < 4.78 is 0. The summed E-state index contributed by atoms with van der Waals surface area (Å²) in [4.78, 5) is 34.6. The molecule has 4 rings (SSSR count). The zero-order valence-corrected chi connectivity index (χ0v) is 19.0. The Hall–Kier alpha value is -3.35. The maximum Gasteiger partial charge on any atom is 0.321 e. The second kappa shape index (κ2) is 9.42. The molecule has 2 aromatic carbocycles. The SMILES string of the molecule is Cc1cccc(NC(=O)NC2N=C(N(C)C3CCCCC3)c3ccccc3N(C)C2=O)c1. The molecule has 2 N–H and O–H groups in total. The van der Waals surface area contributed by atoms with E-state index >= 15 is 0 Å². The van der Waals surface area contributed by atoms with Crippen LogP contribution in [0.2, 0.25) is 0 Å². The van der Waals surface area contributed by atoms with Crippen LogP contribution in [-0.2, 0) is 4.79 Å². The molecule has 2 aliphatic rings. The summed E-state index contributed by atoms with van der Waals surface area (Å²) in [5.41, 5.74) is 3.41. The topological polar surface area (TPSA) is 77.0 Å². The molecular formula is C25H31N5O2. The number of amides is 3. The van der Waals surface area contributed by atoms with Gasteiger partial charge in [0.05, 0.1) is 5.69 Å². The Kier molecular flexibility index (Phi) is 6.44. The molecule has 1 saturated carbocycles. The van der Waals surface area contributed by atoms with Gasteiger partial charge in [0.2, 0.25) is 6.17 Å². The normalized spacial score (nSPS) is 19.0. The minimum Gasteiger partial charge on any atom is -0.356 e. The lowest BCUT2D eigenvalue weighted by molar-refractivity contribution is -0.119. The third-order valence-electron chi connectivity index (χ3n) is 6.32. The van der Waals surface area contributed by atoms with Crippen LogP contribution in [0.3, 0.4) is 0 Å². The van der Waals surface area contributed by atoms with Crippen molar-refractivity contribution in [3.05, 3.63) is 59.7 Å². The molecule has 1 fully saturated rings. The number of rotatable bonds is 3. The second-order valence-electron chi connectivity index (χ2n) is 8.64. The Balaban J connectivity index is 1.63. The fourth-order valence-electron chi connectivity index (χ4n) is 4.53. The van der Waals surface area contributed by atoms with E-state index in [-0.39, 0.29) is 5.91 Å². The van der Waals surface area contributed by atoms with E-state index in [0.717, 1.165) is 35.5 Å². The van der Waals surface area contributed by atoms with Crippen LogP contribution in [0.5, 0.6) is 0 Å². The third-order valence-corrected chi connectivity index (χ3v) is 6.32. The van der Waals surface area contributed by atoms with Crippen LogP contribution in [0.15, 0.2) is 53.5 Å². The maximum absolute atomic E-state index is 13.3. The summed E-state index contributed by atoms with van der Waals surface area (Å²) in [6, 6.07) is 15.2. The van der Waals surface area contributed by atoms with Crippen molar-refractivity contribution in [3.8, 4) is 0 Å². The van der Waals surface area contributed by atoms with Gasteiger partial charge in [-0.15, -0.1) is 0 Å². The average Bonchev–Trinajstić information content (AvgIpc) is 2.90. The molecule has 1 atom stereocenters. The molecule has 1 aliphatic carbocycles. The molecule has 0 bridgehead atoms. The van der Waals surface area contributed by atoms with E-state index in [9.17, 15) is 9.59 Å². The fraction of sp³-hybridized carbons (Fsp3) is 0.400. The first kappa shape index (κ1) is 21.9. The van der Waals surface area contributed by atoms with Crippen molar-refractivity contribution in [2.24, 2.45) is 4.99 Å². The van der Waals surface area contributed by atoms with Gasteiger partial charge in [0.25, 0.3) is 5.91 Å². The Morgan fingerprint density at radius 3 is 2.59 bits per heavy atom. The quantitative estimate of drug-likeness (QED) is 0.764. The van der Waals surface area contributed by atoms with Crippen LogP contribution in [0.4, 0.5) is 16.2 Å². The number of aliphatic imine (C=N–C) groups is 1. The van der Waals surface area contributed by atoms with Crippen molar-refractivity contribution >= 4 is 29.1 Å². The first-order chi connectivity index (χ1) is 15.4. The van der Waals surface area contributed by atoms with Gasteiger partial charge in [-0.3, -0.25) is 4.79 Å². The largest absolute Gasteiger partial charge is 0.356 e. The number of aryl methyl sites for hydroxylation is 1. The highest BCUT2D eigenvalue weighted by Crippen LogP contribution is 2.29. The predicted octanol–water partition coefficient (Wildman–Crippen LogP) is 4.13. The van der Waals surface area contributed by atoms with Crippen LogP contribution < -0.4 is 15.5 Å². The number of amidine groups is 1. The van der Waals surface area contributed by atoms with Crippen molar-refractivity contribution < 1.29 is 9.59 Å². The van der Waals surface area contributed by atoms with Gasteiger partial charge in [-0.25, -0.2) is 9.79 Å². The predicted molar refractivity (Wildman–Crippen MR) is 128 cm³/mol. The third kappa shape index (κ3) is 4.61. The van der Waals surface area contributed by atoms with Crippen LogP contribution in [0.25, 0.3) is 0 Å². The van der Waals surface area contributed by atoms with Crippen molar-refractivity contribution in [1.29, 1.82) is 0 Å².